The van der Waals surface area contributed by atoms with E-state index in [1.54, 1.807) is 0 Å². The molecule has 0 aliphatic heterocycles. The molecule has 1 heterocycles. The third-order valence-corrected chi connectivity index (χ3v) is 2.95. The maximum Gasteiger partial charge on any atom is 0.132 e. The Hall–Kier alpha value is -0.640. The van der Waals surface area contributed by atoms with Crippen molar-refractivity contribution in [3.63, 3.8) is 0 Å². The number of nitrogens with zero attached hydrogens (tertiary/aromatic N) is 3. The summed E-state index contributed by atoms with van der Waals surface area (Å²) >= 11 is 3.56. The Labute approximate surface area is 106 Å². The molecule has 0 bridgehead atoms. The molecule has 0 spiro atoms. The average molecular weight is 286 g/mol. The molecule has 0 saturated heterocycles. The Bertz CT molecular complexity index is 339. The number of hydrogen-bond acceptors (Lipinski definition) is 3. The molecule has 1 unspecified atom stereocenters. The predicted octanol–water partition coefficient (Wildman–Crippen LogP) is 2.96. The summed E-state index contributed by atoms with van der Waals surface area (Å²) in [7, 11) is 2.08. The highest BCUT2D eigenvalue weighted by atomic mass is 79.9. The number of halogens is 1. The van der Waals surface area contributed by atoms with Gasteiger partial charge >= 0.3 is 0 Å². The number of alkyl halides is 1. The first-order valence-electron chi connectivity index (χ1n) is 5.72. The molecule has 1 rings (SSSR count). The molecule has 0 N–H and O–H groups in total. The first kappa shape index (κ1) is 13.4. The van der Waals surface area contributed by atoms with E-state index in [9.17, 15) is 0 Å². The topological polar surface area (TPSA) is 29.0 Å². The van der Waals surface area contributed by atoms with Crippen LogP contribution in [-0.4, -0.2) is 28.4 Å². The van der Waals surface area contributed by atoms with Gasteiger partial charge in [0.1, 0.15) is 11.6 Å². The lowest BCUT2D eigenvalue weighted by molar-refractivity contribution is 0.771. The molecule has 0 aliphatic rings. The normalized spacial score (nSPS) is 12.6. The summed E-state index contributed by atoms with van der Waals surface area (Å²) in [6, 6.07) is 2.08. The summed E-state index contributed by atoms with van der Waals surface area (Å²) in [6.45, 7) is 7.23. The van der Waals surface area contributed by atoms with Gasteiger partial charge in [-0.25, -0.2) is 9.97 Å². The van der Waals surface area contributed by atoms with Crippen molar-refractivity contribution in [1.29, 1.82) is 0 Å². The van der Waals surface area contributed by atoms with Gasteiger partial charge in [0.05, 0.1) is 0 Å². The van der Waals surface area contributed by atoms with Crippen molar-refractivity contribution in [3.05, 3.63) is 17.6 Å². The van der Waals surface area contributed by atoms with Gasteiger partial charge in [-0.1, -0.05) is 29.8 Å². The fourth-order valence-electron chi connectivity index (χ4n) is 1.47. The first-order chi connectivity index (χ1) is 7.52. The zero-order valence-corrected chi connectivity index (χ0v) is 12.1. The lowest BCUT2D eigenvalue weighted by atomic mass is 10.3. The zero-order valence-electron chi connectivity index (χ0n) is 10.5. The van der Waals surface area contributed by atoms with Crippen molar-refractivity contribution in [2.45, 2.75) is 38.4 Å². The van der Waals surface area contributed by atoms with Gasteiger partial charge in [0.25, 0.3) is 0 Å². The van der Waals surface area contributed by atoms with Crippen LogP contribution >= 0.6 is 15.9 Å². The van der Waals surface area contributed by atoms with E-state index in [0.717, 1.165) is 36.7 Å². The summed E-state index contributed by atoms with van der Waals surface area (Å²) in [5, 5.41) is 0. The second-order valence-electron chi connectivity index (χ2n) is 4.11. The van der Waals surface area contributed by atoms with Crippen LogP contribution in [0.4, 0.5) is 5.82 Å². The van der Waals surface area contributed by atoms with Gasteiger partial charge in [-0.05, 0) is 19.8 Å². The first-order valence-corrected chi connectivity index (χ1v) is 6.64. The highest BCUT2D eigenvalue weighted by Crippen LogP contribution is 2.13. The summed E-state index contributed by atoms with van der Waals surface area (Å²) < 4.78 is 0. The van der Waals surface area contributed by atoms with Gasteiger partial charge in [-0.3, -0.25) is 0 Å². The average Bonchev–Trinajstić information content (AvgIpc) is 2.24. The maximum absolute atomic E-state index is 4.46. The monoisotopic (exact) mass is 285 g/mol. The van der Waals surface area contributed by atoms with Gasteiger partial charge in [0, 0.05) is 30.2 Å². The molecule has 0 amide bonds. The molecule has 16 heavy (non-hydrogen) atoms. The lowest BCUT2D eigenvalue weighted by Crippen LogP contribution is -2.22. The molecular weight excluding hydrogens is 266 g/mol. The summed E-state index contributed by atoms with van der Waals surface area (Å²) in [5.41, 5.74) is 1.11. The quantitative estimate of drug-likeness (QED) is 0.779. The molecule has 4 heteroatoms. The molecule has 0 radical (unpaired) electrons. The van der Waals surface area contributed by atoms with Crippen molar-refractivity contribution in [3.8, 4) is 0 Å². The van der Waals surface area contributed by atoms with E-state index in [-0.39, 0.29) is 0 Å². The Balaban J connectivity index is 2.74. The minimum absolute atomic E-state index is 0.545. The zero-order chi connectivity index (χ0) is 12.1. The van der Waals surface area contributed by atoms with E-state index in [1.165, 1.54) is 0 Å². The largest absolute Gasteiger partial charge is 0.360 e. The van der Waals surface area contributed by atoms with Gasteiger partial charge in [-0.2, -0.15) is 0 Å². The molecule has 0 aromatic carbocycles. The maximum atomic E-state index is 4.46. The van der Waals surface area contributed by atoms with E-state index in [2.05, 4.69) is 57.8 Å². The molecule has 90 valence electrons. The Kier molecular flexibility index (Phi) is 5.19. The highest BCUT2D eigenvalue weighted by Gasteiger charge is 2.06. The SMILES string of the molecule is CCc1cc(N(C)CCC(C)Br)nc(C)n1. The molecule has 1 atom stereocenters. The molecule has 1 aromatic rings. The van der Waals surface area contributed by atoms with Crippen LogP contribution in [0.25, 0.3) is 0 Å². The molecule has 0 saturated carbocycles. The van der Waals surface area contributed by atoms with Crippen LogP contribution in [0.3, 0.4) is 0 Å². The van der Waals surface area contributed by atoms with Crippen LogP contribution in [-0.2, 0) is 6.42 Å². The van der Waals surface area contributed by atoms with Crippen molar-refractivity contribution in [2.24, 2.45) is 0 Å². The van der Waals surface area contributed by atoms with Crippen molar-refractivity contribution in [2.75, 3.05) is 18.5 Å². The number of aryl methyl sites for hydroxylation is 2. The number of aromatic nitrogens is 2. The third-order valence-electron chi connectivity index (χ3n) is 2.49. The van der Waals surface area contributed by atoms with Gasteiger partial charge in [0.15, 0.2) is 0 Å². The van der Waals surface area contributed by atoms with Gasteiger partial charge < -0.3 is 4.90 Å². The van der Waals surface area contributed by atoms with E-state index in [0.29, 0.717) is 4.83 Å². The van der Waals surface area contributed by atoms with E-state index < -0.39 is 0 Å². The molecule has 0 aliphatic carbocycles. The second kappa shape index (κ2) is 6.18. The number of anilines is 1. The number of hydrogen-bond donors (Lipinski definition) is 0. The van der Waals surface area contributed by atoms with Crippen molar-refractivity contribution >= 4 is 21.7 Å². The molecule has 3 nitrogen and oxygen atoms in total. The third kappa shape index (κ3) is 4.08. The standard InChI is InChI=1S/C12H20BrN3/c1-5-11-8-12(15-10(3)14-11)16(4)7-6-9(2)13/h8-9H,5-7H2,1-4H3. The molecule has 1 aromatic heterocycles. The van der Waals surface area contributed by atoms with Gasteiger partial charge in [-0.15, -0.1) is 0 Å². The Morgan fingerprint density at radius 2 is 2.12 bits per heavy atom. The summed E-state index contributed by atoms with van der Waals surface area (Å²) in [5.74, 6) is 1.88. The van der Waals surface area contributed by atoms with Crippen LogP contribution in [0.2, 0.25) is 0 Å². The number of rotatable bonds is 5. The van der Waals surface area contributed by atoms with Crippen molar-refractivity contribution in [1.82, 2.24) is 9.97 Å². The summed E-state index contributed by atoms with van der Waals surface area (Å²) in [4.78, 5) is 11.6. The smallest absolute Gasteiger partial charge is 0.132 e. The Morgan fingerprint density at radius 1 is 1.44 bits per heavy atom. The fourth-order valence-corrected chi connectivity index (χ4v) is 1.68. The Morgan fingerprint density at radius 3 is 2.69 bits per heavy atom. The van der Waals surface area contributed by atoms with Gasteiger partial charge in [0.2, 0.25) is 0 Å². The fraction of sp³-hybridized carbons (Fsp3) is 0.667. The minimum atomic E-state index is 0.545. The van der Waals surface area contributed by atoms with Crippen LogP contribution < -0.4 is 4.90 Å². The van der Waals surface area contributed by atoms with E-state index in [1.807, 2.05) is 6.92 Å². The van der Waals surface area contributed by atoms with Crippen LogP contribution in [0, 0.1) is 6.92 Å². The summed E-state index contributed by atoms with van der Waals surface area (Å²) in [6.07, 6.45) is 2.07. The molecule has 0 fully saturated rings. The lowest BCUT2D eigenvalue weighted by Gasteiger charge is -2.19. The van der Waals surface area contributed by atoms with Crippen LogP contribution in [0.1, 0.15) is 31.8 Å². The minimum Gasteiger partial charge on any atom is -0.360 e. The van der Waals surface area contributed by atoms with E-state index >= 15 is 0 Å². The van der Waals surface area contributed by atoms with Crippen LogP contribution in [0.5, 0.6) is 0 Å². The highest BCUT2D eigenvalue weighted by molar-refractivity contribution is 9.09. The molecular formula is C12H20BrN3. The van der Waals surface area contributed by atoms with Crippen molar-refractivity contribution < 1.29 is 0 Å². The van der Waals surface area contributed by atoms with Crippen LogP contribution in [0.15, 0.2) is 6.07 Å². The van der Waals surface area contributed by atoms with E-state index in [4.69, 9.17) is 0 Å². The predicted molar refractivity (Wildman–Crippen MR) is 72.4 cm³/mol. The second-order valence-corrected chi connectivity index (χ2v) is 5.67.